The summed E-state index contributed by atoms with van der Waals surface area (Å²) in [6.07, 6.45) is 2.01. The quantitative estimate of drug-likeness (QED) is 0.497. The fourth-order valence-corrected chi connectivity index (χ4v) is 2.39. The zero-order valence-corrected chi connectivity index (χ0v) is 12.6. The van der Waals surface area contributed by atoms with Crippen LogP contribution in [0.1, 0.15) is 5.56 Å². The number of para-hydroxylation sites is 1. The molecule has 5 nitrogen and oxygen atoms in total. The van der Waals surface area contributed by atoms with Gasteiger partial charge in [0, 0.05) is 23.6 Å². The number of hydrogen-bond donors (Lipinski definition) is 1. The van der Waals surface area contributed by atoms with Crippen molar-refractivity contribution in [1.29, 1.82) is 0 Å². The van der Waals surface area contributed by atoms with Gasteiger partial charge in [0.2, 0.25) is 0 Å². The molecule has 21 heavy (non-hydrogen) atoms. The molecule has 2 rings (SSSR count). The van der Waals surface area contributed by atoms with Gasteiger partial charge in [-0.3, -0.25) is 10.1 Å². The summed E-state index contributed by atoms with van der Waals surface area (Å²) >= 11 is 1.66. The fraction of sp³-hybridized carbons (Fsp3) is 0.200. The van der Waals surface area contributed by atoms with Crippen molar-refractivity contribution in [3.05, 3.63) is 58.1 Å². The molecule has 0 aliphatic rings. The van der Waals surface area contributed by atoms with Crippen LogP contribution in [0, 0.1) is 10.1 Å². The van der Waals surface area contributed by atoms with E-state index in [0.29, 0.717) is 5.69 Å². The van der Waals surface area contributed by atoms with Gasteiger partial charge >= 0.3 is 0 Å². The zero-order valence-electron chi connectivity index (χ0n) is 11.8. The number of nitrogens with one attached hydrogen (secondary N) is 1. The molecule has 0 aromatic heterocycles. The number of hydrogen-bond acceptors (Lipinski definition) is 5. The number of rotatable bonds is 6. The average molecular weight is 304 g/mol. The lowest BCUT2D eigenvalue weighted by Gasteiger charge is -2.11. The van der Waals surface area contributed by atoms with Crippen molar-refractivity contribution in [2.24, 2.45) is 0 Å². The van der Waals surface area contributed by atoms with Gasteiger partial charge in [-0.2, -0.15) is 0 Å². The van der Waals surface area contributed by atoms with Crippen molar-refractivity contribution in [2.45, 2.75) is 11.5 Å². The zero-order chi connectivity index (χ0) is 15.2. The van der Waals surface area contributed by atoms with Crippen LogP contribution in [-0.4, -0.2) is 18.2 Å². The number of nitrogens with zero attached hydrogens (tertiary/aromatic N) is 1. The third-order valence-electron chi connectivity index (χ3n) is 3.03. The molecule has 0 spiro atoms. The molecule has 0 bridgehead atoms. The molecule has 6 heteroatoms. The Kier molecular flexibility index (Phi) is 5.05. The van der Waals surface area contributed by atoms with Gasteiger partial charge < -0.3 is 10.1 Å². The molecule has 1 N–H and O–H groups in total. The number of anilines is 1. The number of nitro benzene ring substituents is 1. The first-order chi connectivity index (χ1) is 10.2. The summed E-state index contributed by atoms with van der Waals surface area (Å²) in [6.45, 7) is 0.274. The second-order valence-electron chi connectivity index (χ2n) is 4.28. The van der Waals surface area contributed by atoms with Crippen LogP contribution in [0.2, 0.25) is 0 Å². The normalized spacial score (nSPS) is 10.2. The predicted octanol–water partition coefficient (Wildman–Crippen LogP) is 3.94. The first-order valence-corrected chi connectivity index (χ1v) is 7.59. The largest absolute Gasteiger partial charge is 0.489 e. The van der Waals surface area contributed by atoms with Crippen LogP contribution in [0.3, 0.4) is 0 Å². The highest BCUT2D eigenvalue weighted by Crippen LogP contribution is 2.29. The SMILES string of the molecule is CNc1c(COc2ccc(SC)cc2)cccc1[N+](=O)[O-]. The van der Waals surface area contributed by atoms with Crippen LogP contribution >= 0.6 is 11.8 Å². The molecule has 110 valence electrons. The summed E-state index contributed by atoms with van der Waals surface area (Å²) in [6, 6.07) is 12.7. The lowest BCUT2D eigenvalue weighted by Crippen LogP contribution is -2.04. The number of nitro groups is 1. The molecule has 0 heterocycles. The second kappa shape index (κ2) is 6.99. The third-order valence-corrected chi connectivity index (χ3v) is 3.77. The van der Waals surface area contributed by atoms with Crippen molar-refractivity contribution < 1.29 is 9.66 Å². The maximum atomic E-state index is 11.0. The van der Waals surface area contributed by atoms with Gasteiger partial charge in [-0.1, -0.05) is 12.1 Å². The minimum absolute atomic E-state index is 0.0522. The molecule has 0 aliphatic heterocycles. The third kappa shape index (κ3) is 3.66. The maximum absolute atomic E-state index is 11.0. The van der Waals surface area contributed by atoms with Crippen LogP contribution in [0.15, 0.2) is 47.4 Å². The van der Waals surface area contributed by atoms with E-state index in [1.165, 1.54) is 6.07 Å². The highest BCUT2D eigenvalue weighted by Gasteiger charge is 2.16. The molecule has 0 atom stereocenters. The van der Waals surface area contributed by atoms with E-state index in [4.69, 9.17) is 4.74 Å². The van der Waals surface area contributed by atoms with Gasteiger partial charge in [-0.05, 0) is 30.5 Å². The standard InChI is InChI=1S/C15H16N2O3S/c1-16-15-11(4-3-5-14(15)17(18)19)10-20-12-6-8-13(21-2)9-7-12/h3-9,16H,10H2,1-2H3. The summed E-state index contributed by atoms with van der Waals surface area (Å²) in [4.78, 5) is 11.8. The van der Waals surface area contributed by atoms with Gasteiger partial charge in [-0.25, -0.2) is 0 Å². The van der Waals surface area contributed by atoms with Crippen molar-refractivity contribution in [2.75, 3.05) is 18.6 Å². The first-order valence-electron chi connectivity index (χ1n) is 6.36. The van der Waals surface area contributed by atoms with Gasteiger partial charge in [-0.15, -0.1) is 11.8 Å². The second-order valence-corrected chi connectivity index (χ2v) is 5.16. The van der Waals surface area contributed by atoms with Gasteiger partial charge in [0.05, 0.1) is 4.92 Å². The Morgan fingerprint density at radius 2 is 1.95 bits per heavy atom. The minimum Gasteiger partial charge on any atom is -0.489 e. The van der Waals surface area contributed by atoms with Crippen LogP contribution in [0.25, 0.3) is 0 Å². The lowest BCUT2D eigenvalue weighted by atomic mass is 10.1. The van der Waals surface area contributed by atoms with Crippen LogP contribution in [0.4, 0.5) is 11.4 Å². The summed E-state index contributed by atoms with van der Waals surface area (Å²) in [5.74, 6) is 0.737. The van der Waals surface area contributed by atoms with E-state index < -0.39 is 4.92 Å². The number of benzene rings is 2. The molecule has 0 aliphatic carbocycles. The Morgan fingerprint density at radius 3 is 2.52 bits per heavy atom. The Bertz CT molecular complexity index is 629. The van der Waals surface area contributed by atoms with E-state index in [-0.39, 0.29) is 12.3 Å². The number of thioether (sulfide) groups is 1. The Balaban J connectivity index is 2.15. The molecule has 0 unspecified atom stereocenters. The Hall–Kier alpha value is -2.21. The van der Waals surface area contributed by atoms with E-state index in [1.54, 1.807) is 24.9 Å². The van der Waals surface area contributed by atoms with E-state index in [9.17, 15) is 10.1 Å². The maximum Gasteiger partial charge on any atom is 0.292 e. The van der Waals surface area contributed by atoms with Crippen molar-refractivity contribution >= 4 is 23.1 Å². The smallest absolute Gasteiger partial charge is 0.292 e. The lowest BCUT2D eigenvalue weighted by molar-refractivity contribution is -0.384. The molecular weight excluding hydrogens is 288 g/mol. The first kappa shape index (κ1) is 15.2. The van der Waals surface area contributed by atoms with E-state index in [2.05, 4.69) is 5.32 Å². The van der Waals surface area contributed by atoms with E-state index in [1.807, 2.05) is 36.6 Å². The van der Waals surface area contributed by atoms with Crippen LogP contribution < -0.4 is 10.1 Å². The Labute approximate surface area is 127 Å². The van der Waals surface area contributed by atoms with Crippen molar-refractivity contribution in [3.8, 4) is 5.75 Å². The summed E-state index contributed by atoms with van der Waals surface area (Å²) in [5, 5.41) is 13.9. The van der Waals surface area contributed by atoms with Gasteiger partial charge in [0.1, 0.15) is 18.0 Å². The predicted molar refractivity (Wildman–Crippen MR) is 85.2 cm³/mol. The monoisotopic (exact) mass is 304 g/mol. The highest BCUT2D eigenvalue weighted by molar-refractivity contribution is 7.98. The van der Waals surface area contributed by atoms with Crippen LogP contribution in [0.5, 0.6) is 5.75 Å². The average Bonchev–Trinajstić information content (AvgIpc) is 2.52. The molecular formula is C15H16N2O3S. The molecule has 0 saturated heterocycles. The van der Waals surface area contributed by atoms with Crippen molar-refractivity contribution in [3.63, 3.8) is 0 Å². The topological polar surface area (TPSA) is 64.4 Å². The van der Waals surface area contributed by atoms with E-state index in [0.717, 1.165) is 16.2 Å². The molecule has 0 fully saturated rings. The molecule has 0 saturated carbocycles. The minimum atomic E-state index is -0.400. The summed E-state index contributed by atoms with van der Waals surface area (Å²) < 4.78 is 5.70. The number of ether oxygens (including phenoxy) is 1. The molecule has 2 aromatic carbocycles. The highest BCUT2D eigenvalue weighted by atomic mass is 32.2. The molecule has 0 amide bonds. The summed E-state index contributed by atoms with van der Waals surface area (Å²) in [5.41, 5.74) is 1.29. The van der Waals surface area contributed by atoms with Crippen molar-refractivity contribution in [1.82, 2.24) is 0 Å². The fourth-order valence-electron chi connectivity index (χ4n) is 1.98. The van der Waals surface area contributed by atoms with E-state index >= 15 is 0 Å². The molecule has 2 aromatic rings. The van der Waals surface area contributed by atoms with Gasteiger partial charge in [0.15, 0.2) is 0 Å². The van der Waals surface area contributed by atoms with Gasteiger partial charge in [0.25, 0.3) is 5.69 Å². The van der Waals surface area contributed by atoms with Crippen LogP contribution in [-0.2, 0) is 6.61 Å². The Morgan fingerprint density at radius 1 is 1.24 bits per heavy atom. The summed E-state index contributed by atoms with van der Waals surface area (Å²) in [7, 11) is 1.67. The molecule has 0 radical (unpaired) electrons.